The van der Waals surface area contributed by atoms with Crippen LogP contribution in [0.1, 0.15) is 42.5 Å². The molecule has 0 spiro atoms. The SMILES string of the molecule is O=C(COc1ccc(Cl)cc1)NNC(=O)c1ccc(NC(=O)C2CCCCC2)cc1. The van der Waals surface area contributed by atoms with E-state index in [1.54, 1.807) is 48.5 Å². The average molecular weight is 430 g/mol. The molecule has 30 heavy (non-hydrogen) atoms. The van der Waals surface area contributed by atoms with Gasteiger partial charge in [-0.15, -0.1) is 0 Å². The number of halogens is 1. The fourth-order valence-electron chi connectivity index (χ4n) is 3.23. The first-order valence-corrected chi connectivity index (χ1v) is 10.3. The quantitative estimate of drug-likeness (QED) is 0.610. The summed E-state index contributed by atoms with van der Waals surface area (Å²) in [5.74, 6) is -0.395. The number of carbonyl (C=O) groups excluding carboxylic acids is 3. The molecule has 3 N–H and O–H groups in total. The van der Waals surface area contributed by atoms with Crippen molar-refractivity contribution < 1.29 is 19.1 Å². The van der Waals surface area contributed by atoms with Gasteiger partial charge in [0.05, 0.1) is 0 Å². The lowest BCUT2D eigenvalue weighted by Crippen LogP contribution is -2.43. The highest BCUT2D eigenvalue weighted by Gasteiger charge is 2.21. The van der Waals surface area contributed by atoms with Gasteiger partial charge in [0.2, 0.25) is 5.91 Å². The van der Waals surface area contributed by atoms with E-state index < -0.39 is 11.8 Å². The second-order valence-corrected chi connectivity index (χ2v) is 7.58. The highest BCUT2D eigenvalue weighted by Crippen LogP contribution is 2.25. The van der Waals surface area contributed by atoms with Crippen molar-refractivity contribution in [1.29, 1.82) is 0 Å². The van der Waals surface area contributed by atoms with Crippen LogP contribution in [-0.4, -0.2) is 24.3 Å². The van der Waals surface area contributed by atoms with E-state index in [-0.39, 0.29) is 18.4 Å². The van der Waals surface area contributed by atoms with Crippen molar-refractivity contribution in [2.75, 3.05) is 11.9 Å². The number of hydrogen-bond donors (Lipinski definition) is 3. The molecule has 0 heterocycles. The van der Waals surface area contributed by atoms with E-state index in [0.717, 1.165) is 25.7 Å². The van der Waals surface area contributed by atoms with Gasteiger partial charge in [0.25, 0.3) is 11.8 Å². The number of amides is 3. The van der Waals surface area contributed by atoms with Crippen LogP contribution in [0.25, 0.3) is 0 Å². The van der Waals surface area contributed by atoms with Crippen LogP contribution in [0.4, 0.5) is 5.69 Å². The summed E-state index contributed by atoms with van der Waals surface area (Å²) in [5, 5.41) is 3.47. The summed E-state index contributed by atoms with van der Waals surface area (Å²) in [6.07, 6.45) is 5.22. The average Bonchev–Trinajstić information content (AvgIpc) is 2.78. The number of ether oxygens (including phenoxy) is 1. The predicted octanol–water partition coefficient (Wildman–Crippen LogP) is 3.70. The van der Waals surface area contributed by atoms with Crippen LogP contribution in [0.3, 0.4) is 0 Å². The van der Waals surface area contributed by atoms with Crippen molar-refractivity contribution in [3.63, 3.8) is 0 Å². The minimum Gasteiger partial charge on any atom is -0.484 e. The number of benzene rings is 2. The van der Waals surface area contributed by atoms with Crippen LogP contribution < -0.4 is 20.9 Å². The largest absolute Gasteiger partial charge is 0.484 e. The van der Waals surface area contributed by atoms with E-state index in [1.165, 1.54) is 6.42 Å². The second-order valence-electron chi connectivity index (χ2n) is 7.15. The van der Waals surface area contributed by atoms with Crippen molar-refractivity contribution in [3.8, 4) is 5.75 Å². The monoisotopic (exact) mass is 429 g/mol. The summed E-state index contributed by atoms with van der Waals surface area (Å²) in [4.78, 5) is 36.3. The van der Waals surface area contributed by atoms with Gasteiger partial charge in [0.15, 0.2) is 6.61 Å². The maximum Gasteiger partial charge on any atom is 0.276 e. The maximum atomic E-state index is 12.3. The zero-order valence-corrected chi connectivity index (χ0v) is 17.2. The van der Waals surface area contributed by atoms with E-state index in [2.05, 4.69) is 16.2 Å². The summed E-state index contributed by atoms with van der Waals surface area (Å²) in [6, 6.07) is 13.1. The Morgan fingerprint density at radius 2 is 1.57 bits per heavy atom. The smallest absolute Gasteiger partial charge is 0.276 e. The maximum absolute atomic E-state index is 12.3. The van der Waals surface area contributed by atoms with Gasteiger partial charge in [-0.1, -0.05) is 30.9 Å². The van der Waals surface area contributed by atoms with Crippen molar-refractivity contribution in [2.24, 2.45) is 5.92 Å². The third-order valence-corrected chi connectivity index (χ3v) is 5.14. The van der Waals surface area contributed by atoms with Crippen LogP contribution in [-0.2, 0) is 9.59 Å². The van der Waals surface area contributed by atoms with Crippen LogP contribution in [0.2, 0.25) is 5.02 Å². The number of hydrazine groups is 1. The van der Waals surface area contributed by atoms with Gasteiger partial charge in [0, 0.05) is 22.2 Å². The molecule has 0 aliphatic heterocycles. The summed E-state index contributed by atoms with van der Waals surface area (Å²) < 4.78 is 5.30. The van der Waals surface area contributed by atoms with Crippen LogP contribution >= 0.6 is 11.6 Å². The molecule has 2 aromatic rings. The second kappa shape index (κ2) is 10.6. The van der Waals surface area contributed by atoms with Crippen molar-refractivity contribution in [3.05, 3.63) is 59.1 Å². The molecule has 2 aromatic carbocycles. The van der Waals surface area contributed by atoms with E-state index in [9.17, 15) is 14.4 Å². The number of carbonyl (C=O) groups is 3. The lowest BCUT2D eigenvalue weighted by Gasteiger charge is -2.20. The third-order valence-electron chi connectivity index (χ3n) is 4.89. The van der Waals surface area contributed by atoms with Crippen LogP contribution in [0, 0.1) is 5.92 Å². The molecule has 0 radical (unpaired) electrons. The van der Waals surface area contributed by atoms with E-state index in [1.807, 2.05) is 0 Å². The minimum absolute atomic E-state index is 0.0276. The zero-order valence-electron chi connectivity index (χ0n) is 16.4. The first-order chi connectivity index (χ1) is 14.5. The van der Waals surface area contributed by atoms with Gasteiger partial charge in [-0.25, -0.2) is 0 Å². The lowest BCUT2D eigenvalue weighted by atomic mass is 9.88. The van der Waals surface area contributed by atoms with Crippen molar-refractivity contribution in [1.82, 2.24) is 10.9 Å². The Labute approximate surface area is 180 Å². The summed E-state index contributed by atoms with van der Waals surface area (Å²) in [5.41, 5.74) is 5.61. The number of rotatable bonds is 6. The van der Waals surface area contributed by atoms with Crippen molar-refractivity contribution in [2.45, 2.75) is 32.1 Å². The Morgan fingerprint density at radius 3 is 2.23 bits per heavy atom. The molecule has 1 saturated carbocycles. The van der Waals surface area contributed by atoms with E-state index in [4.69, 9.17) is 16.3 Å². The van der Waals surface area contributed by atoms with Gasteiger partial charge in [-0.2, -0.15) is 0 Å². The Hall–Kier alpha value is -3.06. The molecule has 7 nitrogen and oxygen atoms in total. The van der Waals surface area contributed by atoms with E-state index >= 15 is 0 Å². The third kappa shape index (κ3) is 6.49. The van der Waals surface area contributed by atoms with Gasteiger partial charge >= 0.3 is 0 Å². The molecule has 1 aliphatic carbocycles. The van der Waals surface area contributed by atoms with E-state index in [0.29, 0.717) is 22.0 Å². The molecule has 8 heteroatoms. The molecule has 0 aromatic heterocycles. The Bertz CT molecular complexity index is 878. The van der Waals surface area contributed by atoms with Crippen LogP contribution in [0.5, 0.6) is 5.75 Å². The fourth-order valence-corrected chi connectivity index (χ4v) is 3.35. The lowest BCUT2D eigenvalue weighted by molar-refractivity contribution is -0.124. The topological polar surface area (TPSA) is 96.5 Å². The Morgan fingerprint density at radius 1 is 0.900 bits per heavy atom. The molecule has 0 saturated heterocycles. The molecule has 0 unspecified atom stereocenters. The molecule has 3 rings (SSSR count). The predicted molar refractivity (Wildman–Crippen MR) is 114 cm³/mol. The normalized spacial score (nSPS) is 13.9. The summed E-state index contributed by atoms with van der Waals surface area (Å²) >= 11 is 5.78. The first kappa shape index (κ1) is 21.6. The molecular weight excluding hydrogens is 406 g/mol. The molecule has 1 fully saturated rings. The number of nitrogens with one attached hydrogen (secondary N) is 3. The van der Waals surface area contributed by atoms with Gasteiger partial charge < -0.3 is 10.1 Å². The summed E-state index contributed by atoms with van der Waals surface area (Å²) in [6.45, 7) is -0.256. The minimum atomic E-state index is -0.505. The van der Waals surface area contributed by atoms with Crippen LogP contribution in [0.15, 0.2) is 48.5 Å². The number of hydrogen-bond acceptors (Lipinski definition) is 4. The standard InChI is InChI=1S/C22H24ClN3O4/c23-17-8-12-19(13-9-17)30-14-20(27)25-26-22(29)16-6-10-18(11-7-16)24-21(28)15-4-2-1-3-5-15/h6-13,15H,1-5,14H2,(H,24,28)(H,25,27)(H,26,29). The summed E-state index contributed by atoms with van der Waals surface area (Å²) in [7, 11) is 0. The highest BCUT2D eigenvalue weighted by atomic mass is 35.5. The Balaban J connectivity index is 1.42. The molecular formula is C22H24ClN3O4. The first-order valence-electron chi connectivity index (χ1n) is 9.90. The molecule has 0 bridgehead atoms. The molecule has 3 amide bonds. The van der Waals surface area contributed by atoms with Gasteiger partial charge in [-0.05, 0) is 61.4 Å². The molecule has 158 valence electrons. The highest BCUT2D eigenvalue weighted by molar-refractivity contribution is 6.30. The number of anilines is 1. The molecule has 1 aliphatic rings. The zero-order chi connectivity index (χ0) is 21.3. The van der Waals surface area contributed by atoms with Gasteiger partial charge in [0.1, 0.15) is 5.75 Å². The van der Waals surface area contributed by atoms with Gasteiger partial charge in [-0.3, -0.25) is 25.2 Å². The fraction of sp³-hybridized carbons (Fsp3) is 0.318. The Kier molecular flexibility index (Phi) is 7.68. The molecule has 0 atom stereocenters. The van der Waals surface area contributed by atoms with Crippen molar-refractivity contribution >= 4 is 35.0 Å².